The maximum atomic E-state index is 13.3. The molecule has 0 aliphatic heterocycles. The first kappa shape index (κ1) is 15.2. The maximum absolute atomic E-state index is 13.3. The molecule has 0 amide bonds. The first-order valence-corrected chi connectivity index (χ1v) is 6.89. The van der Waals surface area contributed by atoms with E-state index < -0.39 is 0 Å². The first-order valence-electron chi connectivity index (χ1n) is 6.10. The second-order valence-electron chi connectivity index (χ2n) is 4.56. The normalized spacial score (nSPS) is 11.0. The molecule has 0 bridgehead atoms. The second kappa shape index (κ2) is 6.95. The molecule has 1 aromatic rings. The number of anilines is 2. The molecule has 102 valence electrons. The summed E-state index contributed by atoms with van der Waals surface area (Å²) < 4.78 is 13.8. The van der Waals surface area contributed by atoms with Gasteiger partial charge in [-0.1, -0.05) is 0 Å². The van der Waals surface area contributed by atoms with Crippen LogP contribution in [0.2, 0.25) is 0 Å². The number of rotatable bonds is 6. The number of hydrogen-bond donors (Lipinski definition) is 1. The van der Waals surface area contributed by atoms with E-state index in [2.05, 4.69) is 46.7 Å². The molecule has 1 rings (SSSR count). The fourth-order valence-electron chi connectivity index (χ4n) is 1.85. The van der Waals surface area contributed by atoms with Crippen molar-refractivity contribution < 1.29 is 4.39 Å². The molecule has 5 heteroatoms. The Hall–Kier alpha value is -0.810. The van der Waals surface area contributed by atoms with Crippen LogP contribution in [0.4, 0.5) is 15.8 Å². The number of nitrogens with zero attached hydrogens (tertiary/aromatic N) is 2. The van der Waals surface area contributed by atoms with Gasteiger partial charge >= 0.3 is 0 Å². The molecule has 1 aromatic carbocycles. The zero-order chi connectivity index (χ0) is 13.7. The lowest BCUT2D eigenvalue weighted by Gasteiger charge is -2.25. The summed E-state index contributed by atoms with van der Waals surface area (Å²) in [6, 6.07) is 3.12. The number of nitrogens with two attached hydrogens (primary N) is 1. The van der Waals surface area contributed by atoms with Crippen molar-refractivity contribution in [2.75, 3.05) is 44.4 Å². The summed E-state index contributed by atoms with van der Waals surface area (Å²) >= 11 is 3.20. The molecule has 0 unspecified atom stereocenters. The first-order chi connectivity index (χ1) is 8.45. The van der Waals surface area contributed by atoms with E-state index in [0.29, 0.717) is 10.2 Å². The monoisotopic (exact) mass is 317 g/mol. The minimum atomic E-state index is -0.319. The van der Waals surface area contributed by atoms with E-state index in [1.54, 1.807) is 6.07 Å². The van der Waals surface area contributed by atoms with Gasteiger partial charge in [-0.3, -0.25) is 0 Å². The minimum absolute atomic E-state index is 0.319. The molecule has 0 atom stereocenters. The summed E-state index contributed by atoms with van der Waals surface area (Å²) in [6.07, 6.45) is 1.05. The number of benzene rings is 1. The van der Waals surface area contributed by atoms with Crippen LogP contribution >= 0.6 is 15.9 Å². The van der Waals surface area contributed by atoms with Gasteiger partial charge in [-0.25, -0.2) is 4.39 Å². The van der Waals surface area contributed by atoms with Gasteiger partial charge in [0.15, 0.2) is 0 Å². The van der Waals surface area contributed by atoms with Crippen molar-refractivity contribution in [3.63, 3.8) is 0 Å². The number of nitrogen functional groups attached to an aromatic ring is 1. The number of halogens is 2. The minimum Gasteiger partial charge on any atom is -0.397 e. The molecule has 0 aliphatic carbocycles. The van der Waals surface area contributed by atoms with E-state index >= 15 is 0 Å². The molecule has 0 fully saturated rings. The molecule has 2 N–H and O–H groups in total. The van der Waals surface area contributed by atoms with Crippen LogP contribution in [0.15, 0.2) is 16.6 Å². The quantitative estimate of drug-likeness (QED) is 0.819. The Bertz CT molecular complexity index is 396. The van der Waals surface area contributed by atoms with Crippen molar-refractivity contribution in [1.82, 2.24) is 4.90 Å². The fraction of sp³-hybridized carbons (Fsp3) is 0.538. The molecule has 0 saturated carbocycles. The van der Waals surface area contributed by atoms with Crippen LogP contribution in [0.5, 0.6) is 0 Å². The molecular formula is C13H21BrFN3. The second-order valence-corrected chi connectivity index (χ2v) is 5.42. The Labute approximate surface area is 117 Å². The van der Waals surface area contributed by atoms with E-state index in [0.717, 1.165) is 31.7 Å². The smallest absolute Gasteiger partial charge is 0.139 e. The van der Waals surface area contributed by atoms with Gasteiger partial charge in [0, 0.05) is 19.2 Å². The molecule has 0 radical (unpaired) electrons. The number of hydrogen-bond acceptors (Lipinski definition) is 3. The van der Waals surface area contributed by atoms with Crippen LogP contribution in [-0.4, -0.2) is 38.6 Å². The molecule has 0 spiro atoms. The largest absolute Gasteiger partial charge is 0.397 e. The van der Waals surface area contributed by atoms with Gasteiger partial charge < -0.3 is 15.5 Å². The van der Waals surface area contributed by atoms with E-state index in [1.807, 2.05) is 0 Å². The molecular weight excluding hydrogens is 297 g/mol. The molecule has 18 heavy (non-hydrogen) atoms. The van der Waals surface area contributed by atoms with Gasteiger partial charge in [0.2, 0.25) is 0 Å². The molecule has 0 heterocycles. The lowest BCUT2D eigenvalue weighted by atomic mass is 10.2. The third kappa shape index (κ3) is 4.14. The standard InChI is InChI=1S/C13H21BrFN3/c1-4-18(7-5-6-17(2)3)13-8-10(14)11(15)9-12(13)16/h8-9H,4-7,16H2,1-3H3. The Balaban J connectivity index is 2.78. The van der Waals surface area contributed by atoms with Crippen molar-refractivity contribution in [2.45, 2.75) is 13.3 Å². The Kier molecular flexibility index (Phi) is 5.88. The van der Waals surface area contributed by atoms with Crippen molar-refractivity contribution in [1.29, 1.82) is 0 Å². The van der Waals surface area contributed by atoms with Crippen LogP contribution in [0.25, 0.3) is 0 Å². The summed E-state index contributed by atoms with van der Waals surface area (Å²) in [5.74, 6) is -0.319. The Morgan fingerprint density at radius 2 is 1.94 bits per heavy atom. The highest BCUT2D eigenvalue weighted by atomic mass is 79.9. The highest BCUT2D eigenvalue weighted by Crippen LogP contribution is 2.29. The van der Waals surface area contributed by atoms with Gasteiger partial charge in [-0.15, -0.1) is 0 Å². The van der Waals surface area contributed by atoms with E-state index in [1.165, 1.54) is 6.07 Å². The Morgan fingerprint density at radius 1 is 1.28 bits per heavy atom. The summed E-state index contributed by atoms with van der Waals surface area (Å²) in [5, 5.41) is 0. The van der Waals surface area contributed by atoms with Crippen molar-refractivity contribution >= 4 is 27.3 Å². The average Bonchev–Trinajstić information content (AvgIpc) is 2.30. The van der Waals surface area contributed by atoms with Gasteiger partial charge in [0.25, 0.3) is 0 Å². The molecule has 0 aliphatic rings. The highest BCUT2D eigenvalue weighted by molar-refractivity contribution is 9.10. The lowest BCUT2D eigenvalue weighted by Crippen LogP contribution is -2.27. The van der Waals surface area contributed by atoms with Crippen LogP contribution in [-0.2, 0) is 0 Å². The third-order valence-electron chi connectivity index (χ3n) is 2.83. The maximum Gasteiger partial charge on any atom is 0.139 e. The van der Waals surface area contributed by atoms with Crippen molar-refractivity contribution in [2.24, 2.45) is 0 Å². The van der Waals surface area contributed by atoms with Gasteiger partial charge in [-0.05, 0) is 56.0 Å². The van der Waals surface area contributed by atoms with E-state index in [-0.39, 0.29) is 5.82 Å². The zero-order valence-electron chi connectivity index (χ0n) is 11.2. The predicted molar refractivity (Wildman–Crippen MR) is 79.6 cm³/mol. The zero-order valence-corrected chi connectivity index (χ0v) is 12.8. The molecule has 3 nitrogen and oxygen atoms in total. The Morgan fingerprint density at radius 3 is 2.50 bits per heavy atom. The van der Waals surface area contributed by atoms with Crippen LogP contribution < -0.4 is 10.6 Å². The van der Waals surface area contributed by atoms with E-state index in [9.17, 15) is 4.39 Å². The lowest BCUT2D eigenvalue weighted by molar-refractivity contribution is 0.400. The van der Waals surface area contributed by atoms with Crippen LogP contribution in [0.1, 0.15) is 13.3 Å². The van der Waals surface area contributed by atoms with Crippen molar-refractivity contribution in [3.8, 4) is 0 Å². The SMILES string of the molecule is CCN(CCCN(C)C)c1cc(Br)c(F)cc1N. The molecule has 0 aromatic heterocycles. The summed E-state index contributed by atoms with van der Waals surface area (Å²) in [6.45, 7) is 4.87. The fourth-order valence-corrected chi connectivity index (χ4v) is 2.18. The van der Waals surface area contributed by atoms with Gasteiger partial charge in [0.1, 0.15) is 5.82 Å². The van der Waals surface area contributed by atoms with Crippen LogP contribution in [0.3, 0.4) is 0 Å². The third-order valence-corrected chi connectivity index (χ3v) is 3.43. The van der Waals surface area contributed by atoms with Crippen LogP contribution in [0, 0.1) is 5.82 Å². The van der Waals surface area contributed by atoms with Crippen molar-refractivity contribution in [3.05, 3.63) is 22.4 Å². The van der Waals surface area contributed by atoms with E-state index in [4.69, 9.17) is 5.73 Å². The topological polar surface area (TPSA) is 32.5 Å². The summed E-state index contributed by atoms with van der Waals surface area (Å²) in [7, 11) is 4.11. The predicted octanol–water partition coefficient (Wildman–Crippen LogP) is 2.95. The molecule has 0 saturated heterocycles. The average molecular weight is 318 g/mol. The highest BCUT2D eigenvalue weighted by Gasteiger charge is 2.11. The van der Waals surface area contributed by atoms with Gasteiger partial charge in [-0.2, -0.15) is 0 Å². The summed E-state index contributed by atoms with van der Waals surface area (Å²) in [4.78, 5) is 4.32. The summed E-state index contributed by atoms with van der Waals surface area (Å²) in [5.41, 5.74) is 7.27. The van der Waals surface area contributed by atoms with Gasteiger partial charge in [0.05, 0.1) is 15.8 Å².